The van der Waals surface area contributed by atoms with Crippen LogP contribution >= 0.6 is 0 Å². The Labute approximate surface area is 115 Å². The summed E-state index contributed by atoms with van der Waals surface area (Å²) in [5.41, 5.74) is 7.05. The van der Waals surface area contributed by atoms with Crippen molar-refractivity contribution >= 4 is 12.4 Å². The second-order valence-electron chi connectivity index (χ2n) is 4.79. The minimum atomic E-state index is -0.155. The van der Waals surface area contributed by atoms with Crippen molar-refractivity contribution in [2.75, 3.05) is 0 Å². The van der Waals surface area contributed by atoms with Crippen molar-refractivity contribution in [2.24, 2.45) is 15.9 Å². The fourth-order valence-corrected chi connectivity index (χ4v) is 2.37. The monoisotopic (exact) mass is 267 g/mol. The molecule has 1 rings (SSSR count). The minimum absolute atomic E-state index is 0.0681. The van der Waals surface area contributed by atoms with Crippen LogP contribution in [0.1, 0.15) is 40.0 Å². The van der Waals surface area contributed by atoms with Crippen LogP contribution in [0.4, 0.5) is 0 Å². The molecule has 1 aliphatic carbocycles. The molecule has 5 heteroatoms. The first-order valence-corrected chi connectivity index (χ1v) is 6.93. The Bertz CT molecular complexity index is 349. The highest BCUT2D eigenvalue weighted by Gasteiger charge is 2.32. The molecule has 0 aromatic rings. The van der Waals surface area contributed by atoms with E-state index in [1.54, 1.807) is 6.21 Å². The van der Waals surface area contributed by atoms with Crippen molar-refractivity contribution in [3.05, 3.63) is 11.6 Å². The lowest BCUT2D eigenvalue weighted by Gasteiger charge is -2.33. The highest BCUT2D eigenvalue weighted by atomic mass is 16.5. The molecule has 5 nitrogen and oxygen atoms in total. The van der Waals surface area contributed by atoms with Crippen molar-refractivity contribution in [3.63, 3.8) is 0 Å². The molecule has 108 valence electrons. The lowest BCUT2D eigenvalue weighted by molar-refractivity contribution is -0.00887. The van der Waals surface area contributed by atoms with Gasteiger partial charge in [0.05, 0.1) is 18.4 Å². The van der Waals surface area contributed by atoms with Crippen LogP contribution in [0.25, 0.3) is 0 Å². The number of rotatable bonds is 6. The number of ether oxygens (including phenoxy) is 1. The highest BCUT2D eigenvalue weighted by molar-refractivity contribution is 5.78. The molecule has 0 spiro atoms. The third kappa shape index (κ3) is 4.44. The summed E-state index contributed by atoms with van der Waals surface area (Å²) in [5, 5.41) is 11.7. The molecular weight excluding hydrogens is 242 g/mol. The van der Waals surface area contributed by atoms with Gasteiger partial charge in [0.1, 0.15) is 6.10 Å². The van der Waals surface area contributed by atoms with Crippen LogP contribution in [-0.4, -0.2) is 41.9 Å². The van der Waals surface area contributed by atoms with Gasteiger partial charge in [0.15, 0.2) is 0 Å². The summed E-state index contributed by atoms with van der Waals surface area (Å²) in [4.78, 5) is 4.44. The molecule has 0 saturated heterocycles. The first-order chi connectivity index (χ1) is 9.15. The van der Waals surface area contributed by atoms with Gasteiger partial charge < -0.3 is 15.7 Å². The van der Waals surface area contributed by atoms with E-state index in [4.69, 9.17) is 15.7 Å². The normalized spacial score (nSPS) is 28.5. The lowest BCUT2D eigenvalue weighted by Crippen LogP contribution is -2.46. The summed E-state index contributed by atoms with van der Waals surface area (Å²) >= 11 is 0. The second-order valence-corrected chi connectivity index (χ2v) is 4.79. The van der Waals surface area contributed by atoms with Crippen LogP contribution in [0.2, 0.25) is 0 Å². The van der Waals surface area contributed by atoms with Crippen LogP contribution in [0.3, 0.4) is 0 Å². The van der Waals surface area contributed by atoms with E-state index in [1.165, 1.54) is 6.21 Å². The first kappa shape index (κ1) is 15.9. The van der Waals surface area contributed by atoms with Crippen LogP contribution in [-0.2, 0) is 4.74 Å². The van der Waals surface area contributed by atoms with Gasteiger partial charge in [-0.1, -0.05) is 19.0 Å². The summed E-state index contributed by atoms with van der Waals surface area (Å²) in [6.45, 7) is 6.10. The highest BCUT2D eigenvalue weighted by Crippen LogP contribution is 2.24. The van der Waals surface area contributed by atoms with E-state index >= 15 is 0 Å². The average Bonchev–Trinajstić information content (AvgIpc) is 2.40. The van der Waals surface area contributed by atoms with Crippen molar-refractivity contribution < 1.29 is 9.94 Å². The maximum Gasteiger partial charge on any atom is 0.100 e. The molecule has 0 saturated carbocycles. The first-order valence-electron chi connectivity index (χ1n) is 6.93. The second kappa shape index (κ2) is 8.07. The Kier molecular flexibility index (Phi) is 6.73. The quantitative estimate of drug-likeness (QED) is 0.439. The zero-order valence-corrected chi connectivity index (χ0v) is 12.0. The molecule has 0 aromatic carbocycles. The molecule has 0 unspecified atom stereocenters. The number of hydrogen-bond donors (Lipinski definition) is 2. The summed E-state index contributed by atoms with van der Waals surface area (Å²) < 4.78 is 6.09. The van der Waals surface area contributed by atoms with Gasteiger partial charge in [-0.2, -0.15) is 0 Å². The van der Waals surface area contributed by atoms with Gasteiger partial charge in [0, 0.05) is 6.04 Å². The number of nitrogens with two attached hydrogens (primary N) is 1. The Morgan fingerprint density at radius 1 is 1.53 bits per heavy atom. The lowest BCUT2D eigenvalue weighted by atomic mass is 9.89. The number of nitrogens with zero attached hydrogens (tertiary/aromatic N) is 2. The Morgan fingerprint density at radius 2 is 2.21 bits per heavy atom. The maximum absolute atomic E-state index is 8.65. The fourth-order valence-electron chi connectivity index (χ4n) is 2.37. The van der Waals surface area contributed by atoms with Crippen LogP contribution in [0.5, 0.6) is 0 Å². The molecule has 19 heavy (non-hydrogen) atoms. The molecule has 3 N–H and O–H groups in total. The van der Waals surface area contributed by atoms with Gasteiger partial charge in [-0.25, -0.2) is 0 Å². The molecule has 0 heterocycles. The molecule has 0 radical (unpaired) electrons. The van der Waals surface area contributed by atoms with E-state index in [0.29, 0.717) is 6.42 Å². The van der Waals surface area contributed by atoms with Crippen molar-refractivity contribution in [3.8, 4) is 0 Å². The largest absolute Gasteiger partial charge is 0.411 e. The SMILES string of the molecule is CC=N[C@@H]1[C@@H](N)CC(/C=N/O)=C[C@H]1OC(CC)CC. The summed E-state index contributed by atoms with van der Waals surface area (Å²) in [5.74, 6) is 0. The predicted octanol–water partition coefficient (Wildman–Crippen LogP) is 2.14. The van der Waals surface area contributed by atoms with Gasteiger partial charge in [0.25, 0.3) is 0 Å². The fraction of sp³-hybridized carbons (Fsp3) is 0.714. The van der Waals surface area contributed by atoms with Gasteiger partial charge in [-0.3, -0.25) is 4.99 Å². The Hall–Kier alpha value is -1.20. The minimum Gasteiger partial charge on any atom is -0.411 e. The van der Waals surface area contributed by atoms with Gasteiger partial charge >= 0.3 is 0 Å². The molecule has 0 bridgehead atoms. The summed E-state index contributed by atoms with van der Waals surface area (Å²) in [7, 11) is 0. The van der Waals surface area contributed by atoms with Crippen molar-refractivity contribution in [1.29, 1.82) is 0 Å². The summed E-state index contributed by atoms with van der Waals surface area (Å²) in [6, 6.07) is -0.185. The van der Waals surface area contributed by atoms with Gasteiger partial charge in [-0.15, -0.1) is 0 Å². The number of aliphatic imine (C=N–C) groups is 1. The third-order valence-electron chi connectivity index (χ3n) is 3.43. The van der Waals surface area contributed by atoms with Crippen LogP contribution in [0, 0.1) is 0 Å². The van der Waals surface area contributed by atoms with Crippen molar-refractivity contribution in [2.45, 2.75) is 64.3 Å². The molecule has 3 atom stereocenters. The summed E-state index contributed by atoms with van der Waals surface area (Å²) in [6.07, 6.45) is 7.78. The van der Waals surface area contributed by atoms with Gasteiger partial charge in [0.2, 0.25) is 0 Å². The van der Waals surface area contributed by atoms with Crippen LogP contribution in [0.15, 0.2) is 21.8 Å². The van der Waals surface area contributed by atoms with E-state index < -0.39 is 0 Å². The molecule has 0 fully saturated rings. The molecule has 1 aliphatic rings. The van der Waals surface area contributed by atoms with E-state index in [1.807, 2.05) is 13.0 Å². The predicted molar refractivity (Wildman–Crippen MR) is 78.2 cm³/mol. The number of hydrogen-bond acceptors (Lipinski definition) is 5. The zero-order valence-electron chi connectivity index (χ0n) is 12.0. The smallest absolute Gasteiger partial charge is 0.100 e. The van der Waals surface area contributed by atoms with E-state index in [-0.39, 0.29) is 24.3 Å². The Morgan fingerprint density at radius 3 is 2.74 bits per heavy atom. The van der Waals surface area contributed by atoms with Crippen molar-refractivity contribution in [1.82, 2.24) is 0 Å². The third-order valence-corrected chi connectivity index (χ3v) is 3.43. The van der Waals surface area contributed by atoms with E-state index in [0.717, 1.165) is 18.4 Å². The standard InChI is InChI=1S/C14H25N3O2/c1-4-11(5-2)19-13-8-10(9-17-18)7-12(15)14(13)16-6-3/h6,8-9,11-14,18H,4-5,7,15H2,1-3H3/b16-6?,17-9+/t12-,13+,14+/m0/s1. The molecule has 0 aliphatic heterocycles. The topological polar surface area (TPSA) is 80.2 Å². The average molecular weight is 267 g/mol. The molecule has 0 aromatic heterocycles. The van der Waals surface area contributed by atoms with Crippen LogP contribution < -0.4 is 5.73 Å². The Balaban J connectivity index is 2.92. The molecular formula is C14H25N3O2. The van der Waals surface area contributed by atoms with Gasteiger partial charge in [-0.05, 0) is 44.0 Å². The maximum atomic E-state index is 8.65. The van der Waals surface area contributed by atoms with E-state index in [9.17, 15) is 0 Å². The number of oxime groups is 1. The van der Waals surface area contributed by atoms with E-state index in [2.05, 4.69) is 24.0 Å². The zero-order chi connectivity index (χ0) is 14.3. The molecule has 0 amide bonds.